The molecule has 2 rings (SSSR count). The van der Waals surface area contributed by atoms with Crippen LogP contribution < -0.4 is 0 Å². The van der Waals surface area contributed by atoms with Crippen LogP contribution in [-0.2, 0) is 6.42 Å². The molecular weight excluding hydrogens is 224 g/mol. The summed E-state index contributed by atoms with van der Waals surface area (Å²) in [6.07, 6.45) is 0.646. The van der Waals surface area contributed by atoms with Crippen LogP contribution in [0, 0.1) is 6.92 Å². The Balaban J connectivity index is 2.51. The van der Waals surface area contributed by atoms with Crippen molar-refractivity contribution in [1.82, 2.24) is 20.3 Å². The Kier molecular flexibility index (Phi) is 2.82. The van der Waals surface area contributed by atoms with Gasteiger partial charge in [-0.3, -0.25) is 0 Å². The quantitative estimate of drug-likeness (QED) is 0.847. The highest BCUT2D eigenvalue weighted by Gasteiger charge is 2.17. The van der Waals surface area contributed by atoms with E-state index in [1.54, 1.807) is 13.0 Å². The summed E-state index contributed by atoms with van der Waals surface area (Å²) >= 11 is 0. The zero-order valence-electron chi connectivity index (χ0n) is 9.34. The van der Waals surface area contributed by atoms with Gasteiger partial charge in [-0.2, -0.15) is 15.2 Å². The maximum Gasteiger partial charge on any atom is 0.377 e. The Morgan fingerprint density at radius 3 is 2.82 bits per heavy atom. The third-order valence-corrected chi connectivity index (χ3v) is 2.18. The van der Waals surface area contributed by atoms with E-state index in [1.807, 2.05) is 6.92 Å². The van der Waals surface area contributed by atoms with Crippen LogP contribution in [0.25, 0.3) is 11.5 Å². The molecule has 2 aromatic heterocycles. The molecule has 0 spiro atoms. The van der Waals surface area contributed by atoms with Crippen LogP contribution in [0.5, 0.6) is 0 Å². The average Bonchev–Trinajstić information content (AvgIpc) is 2.78. The highest BCUT2D eigenvalue weighted by atomic mass is 16.5. The zero-order valence-corrected chi connectivity index (χ0v) is 9.34. The third-order valence-electron chi connectivity index (χ3n) is 2.18. The fraction of sp³-hybridized carbons (Fsp3) is 0.300. The lowest BCUT2D eigenvalue weighted by Crippen LogP contribution is -2.00. The van der Waals surface area contributed by atoms with Gasteiger partial charge in [0.2, 0.25) is 0 Å². The van der Waals surface area contributed by atoms with Crippen LogP contribution in [0.15, 0.2) is 10.6 Å². The predicted octanol–water partition coefficient (Wildman–Crippen LogP) is 1.10. The molecule has 0 fully saturated rings. The highest BCUT2D eigenvalue weighted by molar-refractivity contribution is 5.83. The minimum atomic E-state index is -1.23. The Morgan fingerprint density at radius 2 is 2.24 bits per heavy atom. The van der Waals surface area contributed by atoms with E-state index in [9.17, 15) is 4.79 Å². The van der Waals surface area contributed by atoms with Crippen LogP contribution in [0.2, 0.25) is 0 Å². The van der Waals surface area contributed by atoms with Crippen molar-refractivity contribution in [3.63, 3.8) is 0 Å². The molecule has 17 heavy (non-hydrogen) atoms. The summed E-state index contributed by atoms with van der Waals surface area (Å²) in [5.74, 6) is -1.44. The number of rotatable bonds is 3. The number of carboxylic acids is 1. The molecule has 0 radical (unpaired) electrons. The molecule has 0 aromatic carbocycles. The van der Waals surface area contributed by atoms with Gasteiger partial charge in [-0.1, -0.05) is 6.92 Å². The SMILES string of the molecule is CCc1nnc(C)cc1-c1nc(C(=O)O)no1. The van der Waals surface area contributed by atoms with E-state index in [0.29, 0.717) is 23.4 Å². The number of nitrogens with zero attached hydrogens (tertiary/aromatic N) is 4. The van der Waals surface area contributed by atoms with Gasteiger partial charge in [0.1, 0.15) is 0 Å². The molecule has 2 aromatic rings. The largest absolute Gasteiger partial charge is 0.475 e. The molecule has 88 valence electrons. The third kappa shape index (κ3) is 2.12. The van der Waals surface area contributed by atoms with E-state index < -0.39 is 5.97 Å². The van der Waals surface area contributed by atoms with Crippen LogP contribution in [0.3, 0.4) is 0 Å². The van der Waals surface area contributed by atoms with Crippen molar-refractivity contribution >= 4 is 5.97 Å². The number of carbonyl (C=O) groups is 1. The second-order valence-electron chi connectivity index (χ2n) is 3.43. The van der Waals surface area contributed by atoms with Crippen molar-refractivity contribution in [2.45, 2.75) is 20.3 Å². The minimum absolute atomic E-state index is 0.150. The van der Waals surface area contributed by atoms with Gasteiger partial charge < -0.3 is 9.63 Å². The molecule has 0 amide bonds. The monoisotopic (exact) mass is 234 g/mol. The van der Waals surface area contributed by atoms with Gasteiger partial charge in [0.25, 0.3) is 11.7 Å². The molecule has 0 saturated carbocycles. The van der Waals surface area contributed by atoms with E-state index in [1.165, 1.54) is 0 Å². The summed E-state index contributed by atoms with van der Waals surface area (Å²) in [7, 11) is 0. The van der Waals surface area contributed by atoms with Gasteiger partial charge in [0.05, 0.1) is 17.0 Å². The molecule has 0 aliphatic rings. The van der Waals surface area contributed by atoms with Crippen LogP contribution in [0.4, 0.5) is 0 Å². The number of aromatic nitrogens is 4. The Hall–Kier alpha value is -2.31. The highest BCUT2D eigenvalue weighted by Crippen LogP contribution is 2.21. The summed E-state index contributed by atoms with van der Waals surface area (Å²) in [6, 6.07) is 1.74. The molecule has 1 N–H and O–H groups in total. The molecule has 0 bridgehead atoms. The van der Waals surface area contributed by atoms with Gasteiger partial charge in [0.15, 0.2) is 0 Å². The molecule has 0 unspecified atom stereocenters. The van der Waals surface area contributed by atoms with Gasteiger partial charge in [0, 0.05) is 0 Å². The van der Waals surface area contributed by atoms with E-state index in [4.69, 9.17) is 9.63 Å². The second kappa shape index (κ2) is 4.28. The first kappa shape index (κ1) is 11.2. The number of carboxylic acid groups (broad SMARTS) is 1. The average molecular weight is 234 g/mol. The van der Waals surface area contributed by atoms with Gasteiger partial charge in [-0.05, 0) is 24.6 Å². The van der Waals surface area contributed by atoms with E-state index in [2.05, 4.69) is 20.3 Å². The number of aromatic carboxylic acids is 1. The van der Waals surface area contributed by atoms with Crippen molar-refractivity contribution < 1.29 is 14.4 Å². The number of hydrogen-bond donors (Lipinski definition) is 1. The van der Waals surface area contributed by atoms with Crippen LogP contribution >= 0.6 is 0 Å². The molecule has 7 heteroatoms. The molecule has 0 aliphatic carbocycles. The van der Waals surface area contributed by atoms with Crippen LogP contribution in [0.1, 0.15) is 28.9 Å². The first-order valence-electron chi connectivity index (χ1n) is 5.02. The summed E-state index contributed by atoms with van der Waals surface area (Å²) in [5.41, 5.74) is 2.02. The second-order valence-corrected chi connectivity index (χ2v) is 3.43. The normalized spacial score (nSPS) is 10.5. The first-order valence-corrected chi connectivity index (χ1v) is 5.02. The molecular formula is C10H10N4O3. The molecule has 2 heterocycles. The van der Waals surface area contributed by atoms with E-state index >= 15 is 0 Å². The van der Waals surface area contributed by atoms with E-state index in [-0.39, 0.29) is 11.7 Å². The Bertz CT molecular complexity index is 564. The lowest BCUT2D eigenvalue weighted by Gasteiger charge is -2.01. The Morgan fingerprint density at radius 1 is 1.47 bits per heavy atom. The minimum Gasteiger partial charge on any atom is -0.475 e. The standard InChI is InChI=1S/C10H10N4O3/c1-3-7-6(4-5(2)12-13-7)9-11-8(10(15)16)14-17-9/h4H,3H2,1-2H3,(H,15,16). The van der Waals surface area contributed by atoms with Gasteiger partial charge >= 0.3 is 5.97 Å². The van der Waals surface area contributed by atoms with Gasteiger partial charge in [-0.15, -0.1) is 0 Å². The van der Waals surface area contributed by atoms with Crippen molar-refractivity contribution in [3.05, 3.63) is 23.3 Å². The van der Waals surface area contributed by atoms with Gasteiger partial charge in [-0.25, -0.2) is 4.79 Å². The molecule has 0 atom stereocenters. The van der Waals surface area contributed by atoms with Crippen molar-refractivity contribution in [1.29, 1.82) is 0 Å². The number of aryl methyl sites for hydroxylation is 2. The smallest absolute Gasteiger partial charge is 0.377 e. The fourth-order valence-corrected chi connectivity index (χ4v) is 1.38. The lowest BCUT2D eigenvalue weighted by molar-refractivity contribution is 0.0680. The van der Waals surface area contributed by atoms with Crippen molar-refractivity contribution in [3.8, 4) is 11.5 Å². The fourth-order valence-electron chi connectivity index (χ4n) is 1.38. The number of hydrogen-bond acceptors (Lipinski definition) is 6. The maximum absolute atomic E-state index is 10.7. The Labute approximate surface area is 96.5 Å². The molecule has 0 aliphatic heterocycles. The lowest BCUT2D eigenvalue weighted by atomic mass is 10.1. The topological polar surface area (TPSA) is 102 Å². The summed E-state index contributed by atoms with van der Waals surface area (Å²) < 4.78 is 4.90. The molecule has 7 nitrogen and oxygen atoms in total. The van der Waals surface area contributed by atoms with Crippen molar-refractivity contribution in [2.75, 3.05) is 0 Å². The van der Waals surface area contributed by atoms with E-state index in [0.717, 1.165) is 0 Å². The predicted molar refractivity (Wildman–Crippen MR) is 56.4 cm³/mol. The summed E-state index contributed by atoms with van der Waals surface area (Å²) in [4.78, 5) is 14.4. The zero-order chi connectivity index (χ0) is 12.4. The summed E-state index contributed by atoms with van der Waals surface area (Å²) in [6.45, 7) is 3.70. The first-order chi connectivity index (χ1) is 8.11. The molecule has 0 saturated heterocycles. The maximum atomic E-state index is 10.7. The van der Waals surface area contributed by atoms with Crippen LogP contribution in [-0.4, -0.2) is 31.4 Å². The van der Waals surface area contributed by atoms with Crippen molar-refractivity contribution in [2.24, 2.45) is 0 Å². The summed E-state index contributed by atoms with van der Waals surface area (Å²) in [5, 5.41) is 20.0.